The first-order chi connectivity index (χ1) is 8.65. The molecular weight excluding hydrogens is 254 g/mol. The molecule has 0 aliphatic rings. The fourth-order valence-corrected chi connectivity index (χ4v) is 1.53. The summed E-state index contributed by atoms with van der Waals surface area (Å²) in [5.74, 6) is 0. The minimum Gasteiger partial charge on any atom is -0.618 e. The van der Waals surface area contributed by atoms with Gasteiger partial charge >= 0.3 is 6.03 Å². The van der Waals surface area contributed by atoms with Crippen LogP contribution in [0.25, 0.3) is 0 Å². The fourth-order valence-electron chi connectivity index (χ4n) is 1.35. The van der Waals surface area contributed by atoms with Crippen molar-refractivity contribution >= 4 is 29.0 Å². The first-order valence-electron chi connectivity index (χ1n) is 5.17. The summed E-state index contributed by atoms with van der Waals surface area (Å²) in [4.78, 5) is 11.6. The van der Waals surface area contributed by atoms with Gasteiger partial charge in [-0.3, -0.25) is 0 Å². The second-order valence-electron chi connectivity index (χ2n) is 3.51. The van der Waals surface area contributed by atoms with Gasteiger partial charge in [0.1, 0.15) is 0 Å². The Morgan fingerprint density at radius 2 is 1.78 bits per heavy atom. The SMILES string of the molecule is O=C(Nc1ccccc1)Nc1cc[n+]([O-])c(Cl)c1. The third-order valence-corrected chi connectivity index (χ3v) is 2.44. The van der Waals surface area contributed by atoms with Gasteiger partial charge in [-0.25, -0.2) is 4.79 Å². The first kappa shape index (κ1) is 12.2. The highest BCUT2D eigenvalue weighted by molar-refractivity contribution is 6.28. The Morgan fingerprint density at radius 3 is 2.44 bits per heavy atom. The number of hydrogen-bond acceptors (Lipinski definition) is 2. The molecule has 1 aromatic carbocycles. The molecule has 1 aromatic heterocycles. The van der Waals surface area contributed by atoms with E-state index in [-0.39, 0.29) is 5.15 Å². The molecule has 0 atom stereocenters. The van der Waals surface area contributed by atoms with Gasteiger partial charge in [-0.15, -0.1) is 0 Å². The van der Waals surface area contributed by atoms with E-state index >= 15 is 0 Å². The second kappa shape index (κ2) is 5.37. The number of benzene rings is 1. The lowest BCUT2D eigenvalue weighted by atomic mass is 10.3. The van der Waals surface area contributed by atoms with Crippen LogP contribution in [-0.4, -0.2) is 6.03 Å². The van der Waals surface area contributed by atoms with E-state index < -0.39 is 6.03 Å². The van der Waals surface area contributed by atoms with Crippen molar-refractivity contribution in [1.29, 1.82) is 0 Å². The number of carbonyl (C=O) groups excluding carboxylic acids is 1. The molecule has 0 aliphatic heterocycles. The molecule has 6 heteroatoms. The summed E-state index contributed by atoms with van der Waals surface area (Å²) in [6.45, 7) is 0. The number of nitrogens with one attached hydrogen (secondary N) is 2. The van der Waals surface area contributed by atoms with E-state index in [1.54, 1.807) is 12.1 Å². The zero-order valence-electron chi connectivity index (χ0n) is 9.26. The van der Waals surface area contributed by atoms with Gasteiger partial charge in [-0.1, -0.05) is 18.2 Å². The van der Waals surface area contributed by atoms with Crippen LogP contribution < -0.4 is 15.4 Å². The largest absolute Gasteiger partial charge is 0.618 e. The van der Waals surface area contributed by atoms with E-state index in [1.807, 2.05) is 18.2 Å². The molecule has 0 aliphatic carbocycles. The minimum absolute atomic E-state index is 0.00693. The number of urea groups is 1. The normalized spacial score (nSPS) is 9.83. The third-order valence-electron chi connectivity index (χ3n) is 2.16. The molecular formula is C12H10ClN3O2. The van der Waals surface area contributed by atoms with E-state index in [0.29, 0.717) is 16.1 Å². The van der Waals surface area contributed by atoms with Crippen molar-refractivity contribution in [1.82, 2.24) is 0 Å². The Balaban J connectivity index is 2.01. The van der Waals surface area contributed by atoms with Gasteiger partial charge < -0.3 is 15.8 Å². The molecule has 92 valence electrons. The van der Waals surface area contributed by atoms with Crippen LogP contribution in [0, 0.1) is 5.21 Å². The molecule has 2 amide bonds. The molecule has 1 heterocycles. The molecule has 0 bridgehead atoms. The highest BCUT2D eigenvalue weighted by Crippen LogP contribution is 2.11. The summed E-state index contributed by atoms with van der Waals surface area (Å²) in [7, 11) is 0. The number of pyridine rings is 1. The van der Waals surface area contributed by atoms with Crippen molar-refractivity contribution in [2.45, 2.75) is 0 Å². The summed E-state index contributed by atoms with van der Waals surface area (Å²) < 4.78 is 0.502. The molecule has 0 saturated carbocycles. The summed E-state index contributed by atoms with van der Waals surface area (Å²) in [5, 5.41) is 16.2. The van der Waals surface area contributed by atoms with Crippen molar-refractivity contribution in [2.24, 2.45) is 0 Å². The monoisotopic (exact) mass is 263 g/mol. The maximum Gasteiger partial charge on any atom is 0.323 e. The van der Waals surface area contributed by atoms with Crippen LogP contribution >= 0.6 is 11.6 Å². The average molecular weight is 264 g/mol. The fraction of sp³-hybridized carbons (Fsp3) is 0. The van der Waals surface area contributed by atoms with Crippen LogP contribution in [-0.2, 0) is 0 Å². The van der Waals surface area contributed by atoms with Gasteiger partial charge in [0.2, 0.25) is 0 Å². The third kappa shape index (κ3) is 3.11. The number of amides is 2. The summed E-state index contributed by atoms with van der Waals surface area (Å²) in [6, 6.07) is 11.5. The number of aromatic nitrogens is 1. The topological polar surface area (TPSA) is 68.1 Å². The quantitative estimate of drug-likeness (QED) is 0.497. The Kier molecular flexibility index (Phi) is 3.64. The predicted molar refractivity (Wildman–Crippen MR) is 69.5 cm³/mol. The molecule has 0 saturated heterocycles. The number of hydrogen-bond donors (Lipinski definition) is 2. The Hall–Kier alpha value is -2.27. The number of rotatable bonds is 2. The molecule has 5 nitrogen and oxygen atoms in total. The average Bonchev–Trinajstić information content (AvgIpc) is 2.35. The van der Waals surface area contributed by atoms with Crippen molar-refractivity contribution in [3.8, 4) is 0 Å². The van der Waals surface area contributed by atoms with E-state index in [2.05, 4.69) is 10.6 Å². The van der Waals surface area contributed by atoms with Crippen LogP contribution in [0.3, 0.4) is 0 Å². The Morgan fingerprint density at radius 1 is 1.11 bits per heavy atom. The van der Waals surface area contributed by atoms with Crippen LogP contribution in [0.5, 0.6) is 0 Å². The molecule has 0 unspecified atom stereocenters. The lowest BCUT2D eigenvalue weighted by molar-refractivity contribution is -0.602. The zero-order chi connectivity index (χ0) is 13.0. The van der Waals surface area contributed by atoms with Crippen LogP contribution in [0.15, 0.2) is 48.7 Å². The summed E-state index contributed by atoms with van der Waals surface area (Å²) >= 11 is 5.64. The zero-order valence-corrected chi connectivity index (χ0v) is 10.0. The summed E-state index contributed by atoms with van der Waals surface area (Å²) in [5.41, 5.74) is 1.12. The van der Waals surface area contributed by atoms with Crippen molar-refractivity contribution in [3.05, 3.63) is 59.0 Å². The standard InChI is InChI=1S/C12H10ClN3O2/c13-11-8-10(6-7-16(11)18)15-12(17)14-9-4-2-1-3-5-9/h1-8H,(H2,14,15,17). The molecule has 0 spiro atoms. The molecule has 18 heavy (non-hydrogen) atoms. The molecule has 2 rings (SSSR count). The number of nitrogens with zero attached hydrogens (tertiary/aromatic N) is 1. The predicted octanol–water partition coefficient (Wildman–Crippen LogP) is 2.62. The van der Waals surface area contributed by atoms with E-state index in [0.717, 1.165) is 0 Å². The van der Waals surface area contributed by atoms with Crippen molar-refractivity contribution in [3.63, 3.8) is 0 Å². The Bertz CT molecular complexity index is 561. The lowest BCUT2D eigenvalue weighted by Crippen LogP contribution is -2.27. The number of para-hydroxylation sites is 1. The maximum absolute atomic E-state index is 11.6. The maximum atomic E-state index is 11.6. The lowest BCUT2D eigenvalue weighted by Gasteiger charge is -2.07. The number of anilines is 2. The van der Waals surface area contributed by atoms with E-state index in [1.165, 1.54) is 18.3 Å². The van der Waals surface area contributed by atoms with E-state index in [4.69, 9.17) is 11.6 Å². The van der Waals surface area contributed by atoms with Gasteiger partial charge in [0.15, 0.2) is 6.20 Å². The number of halogens is 1. The molecule has 2 N–H and O–H groups in total. The van der Waals surface area contributed by atoms with Gasteiger partial charge in [0, 0.05) is 17.8 Å². The first-order valence-corrected chi connectivity index (χ1v) is 5.55. The van der Waals surface area contributed by atoms with Gasteiger partial charge in [-0.05, 0) is 23.7 Å². The minimum atomic E-state index is -0.402. The Labute approximate surface area is 109 Å². The van der Waals surface area contributed by atoms with Crippen LogP contribution in [0.1, 0.15) is 0 Å². The highest BCUT2D eigenvalue weighted by atomic mass is 35.5. The van der Waals surface area contributed by atoms with Crippen LogP contribution in [0.2, 0.25) is 5.15 Å². The molecule has 0 fully saturated rings. The van der Waals surface area contributed by atoms with Gasteiger partial charge in [0.05, 0.1) is 5.69 Å². The molecule has 0 radical (unpaired) electrons. The second-order valence-corrected chi connectivity index (χ2v) is 3.90. The smallest absolute Gasteiger partial charge is 0.323 e. The van der Waals surface area contributed by atoms with E-state index in [9.17, 15) is 10.0 Å². The van der Waals surface area contributed by atoms with Crippen LogP contribution in [0.4, 0.5) is 16.2 Å². The highest BCUT2D eigenvalue weighted by Gasteiger charge is 2.06. The molecule has 2 aromatic rings. The van der Waals surface area contributed by atoms with Crippen molar-refractivity contribution in [2.75, 3.05) is 10.6 Å². The van der Waals surface area contributed by atoms with Gasteiger partial charge in [0.25, 0.3) is 5.15 Å². The van der Waals surface area contributed by atoms with Crippen molar-refractivity contribution < 1.29 is 9.52 Å². The number of carbonyl (C=O) groups is 1. The summed E-state index contributed by atoms with van der Waals surface area (Å²) in [6.07, 6.45) is 1.22. The van der Waals surface area contributed by atoms with Gasteiger partial charge in [-0.2, -0.15) is 4.73 Å².